The second kappa shape index (κ2) is 15.2. The van der Waals surface area contributed by atoms with Gasteiger partial charge in [-0.2, -0.15) is 0 Å². The summed E-state index contributed by atoms with van der Waals surface area (Å²) in [6, 6.07) is 47.9. The molecule has 0 spiro atoms. The average molecular weight is 659 g/mol. The molecular weight excluding hydrogens is 617 g/mol. The largest absolute Gasteiger partial charge is 0.496 e. The molecule has 0 aromatic heterocycles. The number of nitrogens with zero attached hydrogens (tertiary/aromatic N) is 1. The van der Waals surface area contributed by atoms with Crippen LogP contribution in [0.1, 0.15) is 29.5 Å². The number of methoxy groups -OCH3 is 2. The van der Waals surface area contributed by atoms with Crippen LogP contribution in [0.25, 0.3) is 33.4 Å². The SMILES string of the molecule is COc1ccc(-c2ccccc2)c2c1CCC(=O)N2Cc1ccc(-c2ccccc2)cc1.COc1ccc(-c2ccccc2)c2c1CCCN2. The number of ether oxygens (including phenoxy) is 2. The fourth-order valence-electron chi connectivity index (χ4n) is 7.09. The van der Waals surface area contributed by atoms with Gasteiger partial charge in [0.15, 0.2) is 0 Å². The zero-order valence-corrected chi connectivity index (χ0v) is 28.7. The maximum Gasteiger partial charge on any atom is 0.227 e. The van der Waals surface area contributed by atoms with Crippen LogP contribution in [-0.4, -0.2) is 26.7 Å². The lowest BCUT2D eigenvalue weighted by molar-refractivity contribution is -0.119. The lowest BCUT2D eigenvalue weighted by Gasteiger charge is -2.33. The Labute approximate surface area is 295 Å². The lowest BCUT2D eigenvalue weighted by Crippen LogP contribution is -2.35. The molecular formula is C45H42N2O3. The van der Waals surface area contributed by atoms with Gasteiger partial charge in [0, 0.05) is 40.9 Å². The predicted octanol–water partition coefficient (Wildman–Crippen LogP) is 10.2. The highest BCUT2D eigenvalue weighted by Crippen LogP contribution is 2.43. The molecule has 2 aliphatic heterocycles. The van der Waals surface area contributed by atoms with Gasteiger partial charge in [-0.3, -0.25) is 4.79 Å². The summed E-state index contributed by atoms with van der Waals surface area (Å²) in [4.78, 5) is 15.0. The summed E-state index contributed by atoms with van der Waals surface area (Å²) >= 11 is 0. The summed E-state index contributed by atoms with van der Waals surface area (Å²) in [6.45, 7) is 1.58. The van der Waals surface area contributed by atoms with Crippen LogP contribution >= 0.6 is 0 Å². The lowest BCUT2D eigenvalue weighted by atomic mass is 9.92. The van der Waals surface area contributed by atoms with E-state index in [1.165, 1.54) is 39.9 Å². The molecule has 0 saturated heterocycles. The monoisotopic (exact) mass is 658 g/mol. The molecule has 5 nitrogen and oxygen atoms in total. The van der Waals surface area contributed by atoms with Crippen molar-refractivity contribution in [3.63, 3.8) is 0 Å². The van der Waals surface area contributed by atoms with Crippen molar-refractivity contribution in [2.45, 2.75) is 32.2 Å². The summed E-state index contributed by atoms with van der Waals surface area (Å²) in [5.74, 6) is 1.99. The molecule has 0 bridgehead atoms. The summed E-state index contributed by atoms with van der Waals surface area (Å²) in [7, 11) is 3.44. The molecule has 1 amide bonds. The molecule has 0 saturated carbocycles. The van der Waals surface area contributed by atoms with E-state index in [1.807, 2.05) is 53.4 Å². The summed E-state index contributed by atoms with van der Waals surface area (Å²) in [5.41, 5.74) is 12.8. The van der Waals surface area contributed by atoms with Crippen LogP contribution in [0.3, 0.4) is 0 Å². The molecule has 0 atom stereocenters. The third-order valence-corrected chi connectivity index (χ3v) is 9.59. The highest BCUT2D eigenvalue weighted by atomic mass is 16.5. The van der Waals surface area contributed by atoms with Crippen molar-refractivity contribution in [2.24, 2.45) is 0 Å². The van der Waals surface area contributed by atoms with Crippen LogP contribution in [0.4, 0.5) is 11.4 Å². The van der Waals surface area contributed by atoms with Gasteiger partial charge >= 0.3 is 0 Å². The minimum absolute atomic E-state index is 0.148. The molecule has 2 aliphatic rings. The minimum Gasteiger partial charge on any atom is -0.496 e. The molecule has 250 valence electrons. The van der Waals surface area contributed by atoms with Gasteiger partial charge in [0.1, 0.15) is 11.5 Å². The predicted molar refractivity (Wildman–Crippen MR) is 205 cm³/mol. The fourth-order valence-corrected chi connectivity index (χ4v) is 7.09. The van der Waals surface area contributed by atoms with E-state index in [-0.39, 0.29) is 5.91 Å². The first kappa shape index (κ1) is 32.7. The van der Waals surface area contributed by atoms with E-state index >= 15 is 0 Å². The Morgan fingerprint density at radius 3 is 1.72 bits per heavy atom. The normalized spacial score (nSPS) is 13.2. The average Bonchev–Trinajstić information content (AvgIpc) is 3.19. The number of carbonyl (C=O) groups is 1. The van der Waals surface area contributed by atoms with Gasteiger partial charge in [-0.05, 0) is 71.3 Å². The summed E-state index contributed by atoms with van der Waals surface area (Å²) < 4.78 is 11.1. The van der Waals surface area contributed by atoms with E-state index in [0.717, 1.165) is 52.4 Å². The van der Waals surface area contributed by atoms with Crippen molar-refractivity contribution < 1.29 is 14.3 Å². The van der Waals surface area contributed by atoms with E-state index < -0.39 is 0 Å². The van der Waals surface area contributed by atoms with E-state index in [1.54, 1.807) is 14.2 Å². The second-order valence-electron chi connectivity index (χ2n) is 12.6. The molecule has 5 heteroatoms. The van der Waals surface area contributed by atoms with Crippen molar-refractivity contribution in [3.8, 4) is 44.9 Å². The number of amides is 1. The van der Waals surface area contributed by atoms with Crippen LogP contribution in [0.2, 0.25) is 0 Å². The third kappa shape index (κ3) is 6.85. The molecule has 0 unspecified atom stereocenters. The Morgan fingerprint density at radius 2 is 1.10 bits per heavy atom. The number of anilines is 2. The zero-order chi connectivity index (χ0) is 34.3. The van der Waals surface area contributed by atoms with Crippen molar-refractivity contribution in [1.29, 1.82) is 0 Å². The Bertz CT molecular complexity index is 2060. The number of carbonyl (C=O) groups excluding carboxylic acids is 1. The Balaban J connectivity index is 0.000000184. The highest BCUT2D eigenvalue weighted by Gasteiger charge is 2.30. The summed E-state index contributed by atoms with van der Waals surface area (Å²) in [5, 5.41) is 3.52. The maximum absolute atomic E-state index is 13.1. The maximum atomic E-state index is 13.1. The third-order valence-electron chi connectivity index (χ3n) is 9.59. The molecule has 0 radical (unpaired) electrons. The van der Waals surface area contributed by atoms with Gasteiger partial charge in [-0.25, -0.2) is 0 Å². The molecule has 1 N–H and O–H groups in total. The van der Waals surface area contributed by atoms with Gasteiger partial charge in [0.2, 0.25) is 5.91 Å². The zero-order valence-electron chi connectivity index (χ0n) is 28.7. The van der Waals surface area contributed by atoms with Crippen LogP contribution in [-0.2, 0) is 24.2 Å². The molecule has 0 fully saturated rings. The van der Waals surface area contributed by atoms with Gasteiger partial charge in [0.05, 0.1) is 26.5 Å². The molecule has 6 aromatic rings. The second-order valence-corrected chi connectivity index (χ2v) is 12.6. The van der Waals surface area contributed by atoms with Crippen molar-refractivity contribution in [2.75, 3.05) is 31.0 Å². The Kier molecular flexibility index (Phi) is 9.93. The van der Waals surface area contributed by atoms with Crippen LogP contribution in [0.15, 0.2) is 140 Å². The van der Waals surface area contributed by atoms with E-state index in [9.17, 15) is 4.79 Å². The molecule has 50 heavy (non-hydrogen) atoms. The van der Waals surface area contributed by atoms with E-state index in [2.05, 4.69) is 96.3 Å². The van der Waals surface area contributed by atoms with Crippen LogP contribution in [0, 0.1) is 0 Å². The fraction of sp³-hybridized carbons (Fsp3) is 0.178. The number of fused-ring (bicyclic) bond motifs is 2. The van der Waals surface area contributed by atoms with Crippen LogP contribution in [0.5, 0.6) is 11.5 Å². The van der Waals surface area contributed by atoms with Crippen molar-refractivity contribution in [3.05, 3.63) is 156 Å². The Hall–Kier alpha value is -5.81. The minimum atomic E-state index is 0.148. The first-order valence-corrected chi connectivity index (χ1v) is 17.3. The molecule has 8 rings (SSSR count). The van der Waals surface area contributed by atoms with Crippen molar-refractivity contribution >= 4 is 17.3 Å². The summed E-state index contributed by atoms with van der Waals surface area (Å²) in [6.07, 6.45) is 3.44. The standard InChI is InChI=1S/C29H25NO2.C16H17NO/c1-32-27-18-16-25(24-10-6-3-7-11-24)29-26(27)17-19-28(31)30(29)20-21-12-14-23(15-13-21)22-8-4-2-5-9-22;1-18-15-10-9-13(12-6-3-2-4-7-12)16-14(15)8-5-11-17-16/h2-16,18H,17,19-20H2,1H3;2-4,6-7,9-10,17H,5,8,11H2,1H3. The van der Waals surface area contributed by atoms with E-state index in [4.69, 9.17) is 9.47 Å². The quantitative estimate of drug-likeness (QED) is 0.186. The topological polar surface area (TPSA) is 50.8 Å². The number of hydrogen-bond acceptors (Lipinski definition) is 4. The molecule has 0 aliphatic carbocycles. The highest BCUT2D eigenvalue weighted by molar-refractivity contribution is 6.01. The Morgan fingerprint density at radius 1 is 0.560 bits per heavy atom. The number of benzene rings is 6. The first-order chi connectivity index (χ1) is 24.6. The van der Waals surface area contributed by atoms with Crippen molar-refractivity contribution in [1.82, 2.24) is 0 Å². The number of hydrogen-bond donors (Lipinski definition) is 1. The van der Waals surface area contributed by atoms with Gasteiger partial charge in [0.25, 0.3) is 0 Å². The van der Waals surface area contributed by atoms with Gasteiger partial charge in [-0.15, -0.1) is 0 Å². The first-order valence-electron chi connectivity index (χ1n) is 17.3. The number of rotatable bonds is 7. The van der Waals surface area contributed by atoms with Gasteiger partial charge in [-0.1, -0.05) is 115 Å². The van der Waals surface area contributed by atoms with Gasteiger partial charge < -0.3 is 19.7 Å². The smallest absolute Gasteiger partial charge is 0.227 e. The molecule has 2 heterocycles. The van der Waals surface area contributed by atoms with Crippen LogP contribution < -0.4 is 19.7 Å². The number of nitrogens with one attached hydrogen (secondary N) is 1. The molecule has 6 aromatic carbocycles. The van der Waals surface area contributed by atoms with E-state index in [0.29, 0.717) is 19.4 Å².